The van der Waals surface area contributed by atoms with Gasteiger partial charge in [0, 0.05) is 6.04 Å². The van der Waals surface area contributed by atoms with Crippen LogP contribution < -0.4 is 5.32 Å². The van der Waals surface area contributed by atoms with E-state index in [0.29, 0.717) is 6.04 Å². The maximum atomic E-state index is 3.86. The summed E-state index contributed by atoms with van der Waals surface area (Å²) in [4.78, 5) is 0. The molecule has 0 saturated heterocycles. The van der Waals surface area contributed by atoms with Gasteiger partial charge in [0.25, 0.3) is 0 Å². The fraction of sp³-hybridized carbons (Fsp3) is 0.700. The van der Waals surface area contributed by atoms with Gasteiger partial charge < -0.3 is 5.32 Å². The summed E-state index contributed by atoms with van der Waals surface area (Å²) in [5.41, 5.74) is 5.86. The van der Waals surface area contributed by atoms with Crippen molar-refractivity contribution in [2.45, 2.75) is 72.8 Å². The quantitative estimate of drug-likeness (QED) is 0.756. The van der Waals surface area contributed by atoms with Crippen LogP contribution in [0.1, 0.15) is 74.2 Å². The maximum absolute atomic E-state index is 3.86. The largest absolute Gasteiger partial charge is 0.310 e. The fourth-order valence-corrected chi connectivity index (χ4v) is 3.93. The van der Waals surface area contributed by atoms with E-state index in [4.69, 9.17) is 0 Å². The van der Waals surface area contributed by atoms with Crippen LogP contribution in [0.5, 0.6) is 0 Å². The molecule has 1 aromatic rings. The van der Waals surface area contributed by atoms with Crippen LogP contribution >= 0.6 is 0 Å². The first-order valence-electron chi connectivity index (χ1n) is 8.84. The minimum absolute atomic E-state index is 0.548. The van der Waals surface area contributed by atoms with Crippen LogP contribution in [0, 0.1) is 32.6 Å². The molecule has 0 spiro atoms. The Hall–Kier alpha value is -0.820. The molecule has 0 heterocycles. The van der Waals surface area contributed by atoms with Crippen LogP contribution in [0.3, 0.4) is 0 Å². The number of hydrogen-bond acceptors (Lipinski definition) is 1. The van der Waals surface area contributed by atoms with Crippen LogP contribution in [0.15, 0.2) is 12.1 Å². The van der Waals surface area contributed by atoms with Crippen molar-refractivity contribution < 1.29 is 0 Å². The summed E-state index contributed by atoms with van der Waals surface area (Å²) in [6, 6.07) is 5.36. The third kappa shape index (κ3) is 4.10. The van der Waals surface area contributed by atoms with Crippen molar-refractivity contribution in [1.82, 2.24) is 5.32 Å². The minimum atomic E-state index is 0.548. The van der Waals surface area contributed by atoms with Crippen LogP contribution in [0.2, 0.25) is 0 Å². The molecule has 0 radical (unpaired) electrons. The topological polar surface area (TPSA) is 12.0 Å². The predicted molar refractivity (Wildman–Crippen MR) is 92.8 cm³/mol. The molecule has 1 aromatic carbocycles. The highest BCUT2D eigenvalue weighted by molar-refractivity contribution is 5.38. The molecule has 21 heavy (non-hydrogen) atoms. The first-order chi connectivity index (χ1) is 10.0. The van der Waals surface area contributed by atoms with E-state index in [0.717, 1.165) is 18.4 Å². The lowest BCUT2D eigenvalue weighted by atomic mass is 9.75. The third-order valence-electron chi connectivity index (χ3n) is 5.28. The van der Waals surface area contributed by atoms with Crippen LogP contribution in [0.4, 0.5) is 0 Å². The Kier molecular flexibility index (Phi) is 5.87. The lowest BCUT2D eigenvalue weighted by molar-refractivity contribution is 0.223. The van der Waals surface area contributed by atoms with Gasteiger partial charge in [0.2, 0.25) is 0 Å². The molecule has 1 saturated carbocycles. The lowest BCUT2D eigenvalue weighted by Crippen LogP contribution is -2.32. The Morgan fingerprint density at radius 3 is 2.48 bits per heavy atom. The SMILES string of the molecule is CCCNC(c1cc(C)c(C)cc1C)C1CCCC(C)C1. The molecule has 0 amide bonds. The molecular formula is C20H33N. The summed E-state index contributed by atoms with van der Waals surface area (Å²) in [6.07, 6.45) is 6.80. The predicted octanol–water partition coefficient (Wildman–Crippen LogP) is 5.48. The van der Waals surface area contributed by atoms with Gasteiger partial charge in [0.15, 0.2) is 0 Å². The van der Waals surface area contributed by atoms with E-state index in [1.54, 1.807) is 5.56 Å². The van der Waals surface area contributed by atoms with E-state index in [1.165, 1.54) is 48.8 Å². The van der Waals surface area contributed by atoms with Gasteiger partial charge in [-0.15, -0.1) is 0 Å². The summed E-state index contributed by atoms with van der Waals surface area (Å²) < 4.78 is 0. The molecule has 1 aliphatic rings. The Morgan fingerprint density at radius 1 is 1.10 bits per heavy atom. The first kappa shape index (κ1) is 16.5. The number of rotatable bonds is 5. The first-order valence-corrected chi connectivity index (χ1v) is 8.84. The van der Waals surface area contributed by atoms with E-state index in [9.17, 15) is 0 Å². The van der Waals surface area contributed by atoms with Crippen molar-refractivity contribution in [3.63, 3.8) is 0 Å². The highest BCUT2D eigenvalue weighted by atomic mass is 14.9. The molecule has 1 fully saturated rings. The summed E-state index contributed by atoms with van der Waals surface area (Å²) in [6.45, 7) is 12.6. The van der Waals surface area contributed by atoms with Gasteiger partial charge in [-0.2, -0.15) is 0 Å². The zero-order valence-corrected chi connectivity index (χ0v) is 14.6. The van der Waals surface area contributed by atoms with E-state index < -0.39 is 0 Å². The molecule has 2 rings (SSSR count). The smallest absolute Gasteiger partial charge is 0.0351 e. The average molecular weight is 287 g/mol. The number of hydrogen-bond donors (Lipinski definition) is 1. The zero-order valence-electron chi connectivity index (χ0n) is 14.6. The van der Waals surface area contributed by atoms with E-state index in [2.05, 4.69) is 52.1 Å². The summed E-state index contributed by atoms with van der Waals surface area (Å²) in [7, 11) is 0. The van der Waals surface area contributed by atoms with Gasteiger partial charge in [-0.3, -0.25) is 0 Å². The highest BCUT2D eigenvalue weighted by Gasteiger charge is 2.28. The molecule has 3 atom stereocenters. The highest BCUT2D eigenvalue weighted by Crippen LogP contribution is 2.38. The van der Waals surface area contributed by atoms with Crippen LogP contribution in [0.25, 0.3) is 0 Å². The van der Waals surface area contributed by atoms with Gasteiger partial charge >= 0.3 is 0 Å². The minimum Gasteiger partial charge on any atom is -0.310 e. The second-order valence-corrected chi connectivity index (χ2v) is 7.26. The second-order valence-electron chi connectivity index (χ2n) is 7.26. The normalized spacial score (nSPS) is 24.0. The van der Waals surface area contributed by atoms with E-state index >= 15 is 0 Å². The molecule has 1 heteroatoms. The summed E-state index contributed by atoms with van der Waals surface area (Å²) in [5.74, 6) is 1.70. The van der Waals surface area contributed by atoms with Crippen LogP contribution in [-0.2, 0) is 0 Å². The fourth-order valence-electron chi connectivity index (χ4n) is 3.93. The zero-order chi connectivity index (χ0) is 15.4. The Labute approximate surface area is 131 Å². The van der Waals surface area contributed by atoms with Gasteiger partial charge in [0.1, 0.15) is 0 Å². The number of nitrogens with one attached hydrogen (secondary N) is 1. The summed E-state index contributed by atoms with van der Waals surface area (Å²) in [5, 5.41) is 3.86. The molecule has 1 nitrogen and oxygen atoms in total. The molecule has 1 N–H and O–H groups in total. The molecular weight excluding hydrogens is 254 g/mol. The molecule has 0 aliphatic heterocycles. The van der Waals surface area contributed by atoms with Crippen LogP contribution in [-0.4, -0.2) is 6.54 Å². The monoisotopic (exact) mass is 287 g/mol. The lowest BCUT2D eigenvalue weighted by Gasteiger charge is -2.35. The van der Waals surface area contributed by atoms with Gasteiger partial charge in [0.05, 0.1) is 0 Å². The standard InChI is InChI=1S/C20H33N/c1-6-10-21-20(18-9-7-8-14(2)11-18)19-13-16(4)15(3)12-17(19)5/h12-14,18,20-21H,6-11H2,1-5H3. The van der Waals surface area contributed by atoms with Crippen molar-refractivity contribution in [3.8, 4) is 0 Å². The van der Waals surface area contributed by atoms with Gasteiger partial charge in [-0.1, -0.05) is 38.8 Å². The van der Waals surface area contributed by atoms with Crippen molar-refractivity contribution in [2.24, 2.45) is 11.8 Å². The second kappa shape index (κ2) is 7.45. The van der Waals surface area contributed by atoms with Crippen molar-refractivity contribution >= 4 is 0 Å². The van der Waals surface area contributed by atoms with E-state index in [1.807, 2.05) is 0 Å². The molecule has 1 aliphatic carbocycles. The molecule has 3 unspecified atom stereocenters. The van der Waals surface area contributed by atoms with Gasteiger partial charge in [-0.05, 0) is 80.7 Å². The van der Waals surface area contributed by atoms with Gasteiger partial charge in [-0.25, -0.2) is 0 Å². The van der Waals surface area contributed by atoms with Crippen molar-refractivity contribution in [2.75, 3.05) is 6.54 Å². The Morgan fingerprint density at radius 2 is 1.81 bits per heavy atom. The van der Waals surface area contributed by atoms with Crippen molar-refractivity contribution in [1.29, 1.82) is 0 Å². The molecule has 0 bridgehead atoms. The maximum Gasteiger partial charge on any atom is 0.0351 e. The summed E-state index contributed by atoms with van der Waals surface area (Å²) >= 11 is 0. The third-order valence-corrected chi connectivity index (χ3v) is 5.28. The Balaban J connectivity index is 2.28. The number of benzene rings is 1. The van der Waals surface area contributed by atoms with Crippen molar-refractivity contribution in [3.05, 3.63) is 34.4 Å². The molecule has 118 valence electrons. The molecule has 0 aromatic heterocycles. The van der Waals surface area contributed by atoms with E-state index in [-0.39, 0.29) is 0 Å². The average Bonchev–Trinajstić information content (AvgIpc) is 2.44. The number of aryl methyl sites for hydroxylation is 3. The Bertz CT molecular complexity index is 463.